The maximum absolute atomic E-state index is 12.6. The van der Waals surface area contributed by atoms with Gasteiger partial charge in [-0.25, -0.2) is 4.79 Å². The number of nitrogens with one attached hydrogen (secondary N) is 1. The fourth-order valence-electron chi connectivity index (χ4n) is 3.88. The molecule has 0 heterocycles. The Kier molecular flexibility index (Phi) is 5.71. The van der Waals surface area contributed by atoms with Gasteiger partial charge in [0.2, 0.25) is 0 Å². The van der Waals surface area contributed by atoms with E-state index in [1.807, 2.05) is 54.6 Å². The molecule has 0 aliphatic heterocycles. The van der Waals surface area contributed by atoms with E-state index in [1.54, 1.807) is 12.1 Å². The van der Waals surface area contributed by atoms with Crippen LogP contribution in [0.2, 0.25) is 0 Å². The minimum Gasteiger partial charge on any atom is -0.452 e. The second-order valence-electron chi connectivity index (χ2n) is 7.20. The monoisotopic (exact) mass is 385 g/mol. The van der Waals surface area contributed by atoms with Gasteiger partial charge < -0.3 is 10.1 Å². The second-order valence-corrected chi connectivity index (χ2v) is 7.20. The number of esters is 1. The van der Waals surface area contributed by atoms with Gasteiger partial charge >= 0.3 is 5.97 Å². The van der Waals surface area contributed by atoms with Crippen molar-refractivity contribution in [3.63, 3.8) is 0 Å². The van der Waals surface area contributed by atoms with Crippen LogP contribution in [0.25, 0.3) is 11.1 Å². The number of benzene rings is 3. The van der Waals surface area contributed by atoms with Crippen molar-refractivity contribution in [3.8, 4) is 11.1 Å². The SMILES string of the molecule is O=C(COC(=O)c1ccccc1-c1ccccc1)N[C@H]1CCCc2ccccc21. The molecule has 0 unspecified atom stereocenters. The topological polar surface area (TPSA) is 55.4 Å². The number of hydrogen-bond acceptors (Lipinski definition) is 3. The molecule has 0 saturated heterocycles. The molecule has 1 aliphatic rings. The molecule has 0 bridgehead atoms. The molecule has 0 radical (unpaired) electrons. The Labute approximate surface area is 170 Å². The third-order valence-electron chi connectivity index (χ3n) is 5.27. The minimum absolute atomic E-state index is 0.0252. The Morgan fingerprint density at radius 1 is 0.897 bits per heavy atom. The van der Waals surface area contributed by atoms with Gasteiger partial charge in [0.25, 0.3) is 5.91 Å². The van der Waals surface area contributed by atoms with Gasteiger partial charge in [0.15, 0.2) is 6.61 Å². The first-order valence-electron chi connectivity index (χ1n) is 9.91. The smallest absolute Gasteiger partial charge is 0.339 e. The van der Waals surface area contributed by atoms with E-state index in [-0.39, 0.29) is 18.6 Å². The van der Waals surface area contributed by atoms with E-state index < -0.39 is 5.97 Å². The molecule has 0 saturated carbocycles. The summed E-state index contributed by atoms with van der Waals surface area (Å²) in [5, 5.41) is 3.01. The van der Waals surface area contributed by atoms with Gasteiger partial charge in [-0.15, -0.1) is 0 Å². The Hall–Kier alpha value is -3.40. The maximum Gasteiger partial charge on any atom is 0.339 e. The van der Waals surface area contributed by atoms with Crippen molar-refractivity contribution in [3.05, 3.63) is 95.6 Å². The molecular weight excluding hydrogens is 362 g/mol. The predicted octanol–water partition coefficient (Wildman–Crippen LogP) is 4.70. The number of amides is 1. The number of carbonyl (C=O) groups excluding carboxylic acids is 2. The summed E-state index contributed by atoms with van der Waals surface area (Å²) in [6.07, 6.45) is 2.97. The van der Waals surface area contributed by atoms with Crippen LogP contribution in [0.4, 0.5) is 0 Å². The third kappa shape index (κ3) is 4.37. The molecule has 0 fully saturated rings. The highest BCUT2D eigenvalue weighted by atomic mass is 16.5. The molecule has 1 N–H and O–H groups in total. The molecular formula is C25H23NO3. The highest BCUT2D eigenvalue weighted by molar-refractivity contribution is 5.98. The Morgan fingerprint density at radius 2 is 1.62 bits per heavy atom. The molecule has 4 rings (SSSR count). The van der Waals surface area contributed by atoms with Gasteiger partial charge in [-0.05, 0) is 47.6 Å². The van der Waals surface area contributed by atoms with Crippen molar-refractivity contribution in [2.75, 3.05) is 6.61 Å². The van der Waals surface area contributed by atoms with E-state index in [0.717, 1.165) is 36.0 Å². The van der Waals surface area contributed by atoms with Crippen LogP contribution in [0.3, 0.4) is 0 Å². The molecule has 3 aromatic carbocycles. The van der Waals surface area contributed by atoms with Gasteiger partial charge in [-0.2, -0.15) is 0 Å². The predicted molar refractivity (Wildman–Crippen MR) is 112 cm³/mol. The first-order chi connectivity index (χ1) is 14.2. The molecule has 3 aromatic rings. The maximum atomic E-state index is 12.6. The first kappa shape index (κ1) is 18.9. The number of aryl methyl sites for hydroxylation is 1. The lowest BCUT2D eigenvalue weighted by Gasteiger charge is -2.26. The van der Waals surface area contributed by atoms with Crippen LogP contribution >= 0.6 is 0 Å². The highest BCUT2D eigenvalue weighted by Gasteiger charge is 2.22. The quantitative estimate of drug-likeness (QED) is 0.648. The molecule has 0 spiro atoms. The molecule has 1 amide bonds. The van der Waals surface area contributed by atoms with Crippen molar-refractivity contribution in [1.29, 1.82) is 0 Å². The normalized spacial score (nSPS) is 15.2. The summed E-state index contributed by atoms with van der Waals surface area (Å²) in [5.41, 5.74) is 4.61. The van der Waals surface area contributed by atoms with E-state index in [2.05, 4.69) is 17.4 Å². The van der Waals surface area contributed by atoms with Crippen molar-refractivity contribution in [1.82, 2.24) is 5.32 Å². The molecule has 1 atom stereocenters. The zero-order chi connectivity index (χ0) is 20.1. The van der Waals surface area contributed by atoms with E-state index in [4.69, 9.17) is 4.74 Å². The minimum atomic E-state index is -0.497. The van der Waals surface area contributed by atoms with Gasteiger partial charge in [0, 0.05) is 0 Å². The lowest BCUT2D eigenvalue weighted by molar-refractivity contribution is -0.125. The number of fused-ring (bicyclic) bond motifs is 1. The second kappa shape index (κ2) is 8.74. The van der Waals surface area contributed by atoms with Crippen molar-refractivity contribution >= 4 is 11.9 Å². The molecule has 4 heteroatoms. The molecule has 4 nitrogen and oxygen atoms in total. The average Bonchev–Trinajstić information content (AvgIpc) is 2.78. The van der Waals surface area contributed by atoms with E-state index >= 15 is 0 Å². The number of hydrogen-bond donors (Lipinski definition) is 1. The summed E-state index contributed by atoms with van der Waals surface area (Å²) in [4.78, 5) is 25.1. The van der Waals surface area contributed by atoms with Crippen molar-refractivity contribution < 1.29 is 14.3 Å². The molecule has 1 aliphatic carbocycles. The Bertz CT molecular complexity index is 1010. The van der Waals surface area contributed by atoms with Crippen LogP contribution in [0.5, 0.6) is 0 Å². The molecule has 29 heavy (non-hydrogen) atoms. The van der Waals surface area contributed by atoms with Gasteiger partial charge in [-0.1, -0.05) is 72.8 Å². The van der Waals surface area contributed by atoms with E-state index in [1.165, 1.54) is 5.56 Å². The van der Waals surface area contributed by atoms with Crippen LogP contribution in [-0.2, 0) is 16.0 Å². The summed E-state index contributed by atoms with van der Waals surface area (Å²) in [6.45, 7) is -0.291. The summed E-state index contributed by atoms with van der Waals surface area (Å²) < 4.78 is 5.33. The van der Waals surface area contributed by atoms with E-state index in [9.17, 15) is 9.59 Å². The number of ether oxygens (including phenoxy) is 1. The lowest BCUT2D eigenvalue weighted by Crippen LogP contribution is -2.34. The first-order valence-corrected chi connectivity index (χ1v) is 9.91. The zero-order valence-corrected chi connectivity index (χ0v) is 16.1. The van der Waals surface area contributed by atoms with Crippen LogP contribution in [0.15, 0.2) is 78.9 Å². The number of rotatable bonds is 5. The highest BCUT2D eigenvalue weighted by Crippen LogP contribution is 2.29. The van der Waals surface area contributed by atoms with Crippen molar-refractivity contribution in [2.24, 2.45) is 0 Å². The van der Waals surface area contributed by atoms with Crippen LogP contribution in [0, 0.1) is 0 Å². The lowest BCUT2D eigenvalue weighted by atomic mass is 9.88. The summed E-state index contributed by atoms with van der Waals surface area (Å²) >= 11 is 0. The van der Waals surface area contributed by atoms with Gasteiger partial charge in [0.05, 0.1) is 11.6 Å². The number of carbonyl (C=O) groups is 2. The van der Waals surface area contributed by atoms with Crippen LogP contribution in [0.1, 0.15) is 40.4 Å². The summed E-state index contributed by atoms with van der Waals surface area (Å²) in [5.74, 6) is -0.777. The van der Waals surface area contributed by atoms with E-state index in [0.29, 0.717) is 5.56 Å². The molecule has 146 valence electrons. The molecule has 0 aromatic heterocycles. The summed E-state index contributed by atoms with van der Waals surface area (Å²) in [6, 6.07) is 25.1. The zero-order valence-electron chi connectivity index (χ0n) is 16.1. The van der Waals surface area contributed by atoms with Gasteiger partial charge in [0.1, 0.15) is 0 Å². The Balaban J connectivity index is 1.40. The van der Waals surface area contributed by atoms with Crippen LogP contribution < -0.4 is 5.32 Å². The fourth-order valence-corrected chi connectivity index (χ4v) is 3.88. The largest absolute Gasteiger partial charge is 0.452 e. The standard InChI is InChI=1S/C25H23NO3/c27-24(26-23-16-8-12-19-11-4-5-14-21(19)23)17-29-25(28)22-15-7-6-13-20(22)18-9-2-1-3-10-18/h1-7,9-11,13-15,23H,8,12,16-17H2,(H,26,27)/t23-/m0/s1. The van der Waals surface area contributed by atoms with Crippen LogP contribution in [-0.4, -0.2) is 18.5 Å². The fraction of sp³-hybridized carbons (Fsp3) is 0.200. The Morgan fingerprint density at radius 3 is 2.48 bits per heavy atom. The van der Waals surface area contributed by atoms with Gasteiger partial charge in [-0.3, -0.25) is 4.79 Å². The van der Waals surface area contributed by atoms with Crippen molar-refractivity contribution in [2.45, 2.75) is 25.3 Å². The third-order valence-corrected chi connectivity index (χ3v) is 5.27. The summed E-state index contributed by atoms with van der Waals surface area (Å²) in [7, 11) is 0. The average molecular weight is 385 g/mol.